The molecule has 0 saturated carbocycles. The van der Waals surface area contributed by atoms with Crippen LogP contribution >= 0.6 is 11.6 Å². The van der Waals surface area contributed by atoms with Crippen molar-refractivity contribution in [2.24, 2.45) is 0 Å². The van der Waals surface area contributed by atoms with Crippen LogP contribution in [0.25, 0.3) is 5.57 Å². The fraction of sp³-hybridized carbons (Fsp3) is 0.286. The lowest BCUT2D eigenvalue weighted by atomic mass is 9.98. The number of nitrogens with one attached hydrogen (secondary N) is 2. The van der Waals surface area contributed by atoms with E-state index in [4.69, 9.17) is 16.3 Å². The van der Waals surface area contributed by atoms with E-state index < -0.39 is 0 Å². The fourth-order valence-electron chi connectivity index (χ4n) is 3.18. The van der Waals surface area contributed by atoms with Gasteiger partial charge in [-0.2, -0.15) is 0 Å². The van der Waals surface area contributed by atoms with Gasteiger partial charge in [-0.1, -0.05) is 54.6 Å². The average molecular weight is 451 g/mol. The molecule has 3 rings (SSSR count). The zero-order valence-corrected chi connectivity index (χ0v) is 20.8. The molecular formula is C28H35ClN2O. The summed E-state index contributed by atoms with van der Waals surface area (Å²) in [4.78, 5) is 0. The van der Waals surface area contributed by atoms with Gasteiger partial charge in [0.1, 0.15) is 5.75 Å². The molecule has 170 valence electrons. The zero-order valence-electron chi connectivity index (χ0n) is 20.0. The van der Waals surface area contributed by atoms with Crippen LogP contribution in [0.5, 0.6) is 5.75 Å². The largest absolute Gasteiger partial charge is 0.497 e. The molecule has 0 aliphatic rings. The summed E-state index contributed by atoms with van der Waals surface area (Å²) in [6.45, 7) is 14.8. The summed E-state index contributed by atoms with van der Waals surface area (Å²) >= 11 is 5.92. The van der Waals surface area contributed by atoms with Crippen molar-refractivity contribution in [3.63, 3.8) is 0 Å². The number of ether oxygens (including phenoxy) is 1. The Labute approximate surface area is 198 Å². The number of anilines is 2. The van der Waals surface area contributed by atoms with Gasteiger partial charge < -0.3 is 15.4 Å². The standard InChI is InChI=1S/C17H18ClN.C11H17NO/c1-12(2)19-17-7-5-4-6-16(17)13(3)14-8-10-15(18)11-9-14;1-8(2)12-11-7-10(13-4)6-5-9(11)3/h4-12,19H,3H2,1-2H3;5-8,12H,1-4H3. The number of methoxy groups -OCH3 is 1. The fourth-order valence-corrected chi connectivity index (χ4v) is 3.31. The lowest BCUT2D eigenvalue weighted by molar-refractivity contribution is 0.415. The first-order valence-corrected chi connectivity index (χ1v) is 11.3. The molecule has 0 atom stereocenters. The molecule has 0 fully saturated rings. The minimum Gasteiger partial charge on any atom is -0.497 e. The highest BCUT2D eigenvalue weighted by atomic mass is 35.5. The lowest BCUT2D eigenvalue weighted by Gasteiger charge is -2.16. The van der Waals surface area contributed by atoms with Gasteiger partial charge in [0.15, 0.2) is 0 Å². The first-order valence-electron chi connectivity index (χ1n) is 10.9. The van der Waals surface area contributed by atoms with E-state index in [1.165, 1.54) is 5.56 Å². The molecule has 0 heterocycles. The Morgan fingerprint density at radius 2 is 1.44 bits per heavy atom. The summed E-state index contributed by atoms with van der Waals surface area (Å²) in [5.41, 5.74) is 6.71. The molecule has 0 bridgehead atoms. The maximum atomic E-state index is 5.92. The van der Waals surface area contributed by atoms with Gasteiger partial charge in [-0.15, -0.1) is 0 Å². The quantitative estimate of drug-likeness (QED) is 0.382. The third kappa shape index (κ3) is 7.65. The highest BCUT2D eigenvalue weighted by Gasteiger charge is 2.08. The molecular weight excluding hydrogens is 416 g/mol. The van der Waals surface area contributed by atoms with Gasteiger partial charge in [-0.3, -0.25) is 0 Å². The zero-order chi connectivity index (χ0) is 23.7. The molecule has 3 aromatic carbocycles. The summed E-state index contributed by atoms with van der Waals surface area (Å²) in [7, 11) is 1.68. The smallest absolute Gasteiger partial charge is 0.120 e. The first kappa shape index (κ1) is 25.4. The summed E-state index contributed by atoms with van der Waals surface area (Å²) in [5.74, 6) is 0.897. The van der Waals surface area contributed by atoms with E-state index in [0.29, 0.717) is 12.1 Å². The van der Waals surface area contributed by atoms with Crippen LogP contribution in [0.15, 0.2) is 73.3 Å². The van der Waals surface area contributed by atoms with Crippen molar-refractivity contribution in [1.29, 1.82) is 0 Å². The maximum absolute atomic E-state index is 5.92. The van der Waals surface area contributed by atoms with Gasteiger partial charge in [-0.25, -0.2) is 0 Å². The van der Waals surface area contributed by atoms with Crippen LogP contribution in [-0.4, -0.2) is 19.2 Å². The van der Waals surface area contributed by atoms with Crippen molar-refractivity contribution in [2.45, 2.75) is 46.7 Å². The second-order valence-electron chi connectivity index (χ2n) is 8.31. The van der Waals surface area contributed by atoms with Gasteiger partial charge in [-0.05, 0) is 75.6 Å². The second-order valence-corrected chi connectivity index (χ2v) is 8.75. The monoisotopic (exact) mass is 450 g/mol. The van der Waals surface area contributed by atoms with Crippen LogP contribution in [-0.2, 0) is 0 Å². The minimum absolute atomic E-state index is 0.388. The molecule has 0 aromatic heterocycles. The van der Waals surface area contributed by atoms with Crippen molar-refractivity contribution in [1.82, 2.24) is 0 Å². The molecule has 0 unspecified atom stereocenters. The molecule has 0 aliphatic carbocycles. The van der Waals surface area contributed by atoms with E-state index in [9.17, 15) is 0 Å². The molecule has 3 aromatic rings. The topological polar surface area (TPSA) is 33.3 Å². The summed E-state index contributed by atoms with van der Waals surface area (Å²) in [6.07, 6.45) is 0. The van der Waals surface area contributed by atoms with Gasteiger partial charge in [0.05, 0.1) is 7.11 Å². The number of aryl methyl sites for hydroxylation is 1. The van der Waals surface area contributed by atoms with Crippen molar-refractivity contribution in [3.05, 3.63) is 95.0 Å². The Balaban J connectivity index is 0.000000244. The number of hydrogen-bond acceptors (Lipinski definition) is 3. The second kappa shape index (κ2) is 12.2. The van der Waals surface area contributed by atoms with Crippen LogP contribution in [0.3, 0.4) is 0 Å². The average Bonchev–Trinajstić information content (AvgIpc) is 2.75. The Hall–Kier alpha value is -2.91. The van der Waals surface area contributed by atoms with E-state index in [2.05, 4.69) is 70.0 Å². The number of hydrogen-bond donors (Lipinski definition) is 2. The molecule has 3 nitrogen and oxygen atoms in total. The van der Waals surface area contributed by atoms with Crippen molar-refractivity contribution in [2.75, 3.05) is 17.7 Å². The molecule has 0 amide bonds. The van der Waals surface area contributed by atoms with Crippen molar-refractivity contribution in [3.8, 4) is 5.75 Å². The van der Waals surface area contributed by atoms with Crippen LogP contribution in [0.1, 0.15) is 44.4 Å². The Bertz CT molecular complexity index is 1010. The molecule has 0 spiro atoms. The van der Waals surface area contributed by atoms with E-state index >= 15 is 0 Å². The highest BCUT2D eigenvalue weighted by Crippen LogP contribution is 2.29. The summed E-state index contributed by atoms with van der Waals surface area (Å²) in [6, 6.07) is 22.9. The van der Waals surface area contributed by atoms with Gasteiger partial charge in [0, 0.05) is 40.1 Å². The minimum atomic E-state index is 0.388. The Morgan fingerprint density at radius 1 is 0.844 bits per heavy atom. The Morgan fingerprint density at radius 3 is 2.03 bits per heavy atom. The van der Waals surface area contributed by atoms with Crippen LogP contribution in [0.4, 0.5) is 11.4 Å². The van der Waals surface area contributed by atoms with Gasteiger partial charge in [0.2, 0.25) is 0 Å². The lowest BCUT2D eigenvalue weighted by Crippen LogP contribution is -2.11. The SMILES string of the molecule is C=C(c1ccc(Cl)cc1)c1ccccc1NC(C)C.COc1ccc(C)c(NC(C)C)c1. The first-order chi connectivity index (χ1) is 15.2. The predicted octanol–water partition coefficient (Wildman–Crippen LogP) is 8.05. The molecule has 32 heavy (non-hydrogen) atoms. The molecule has 4 heteroatoms. The van der Waals surface area contributed by atoms with E-state index in [0.717, 1.165) is 38.8 Å². The number of halogens is 1. The molecule has 0 aliphatic heterocycles. The van der Waals surface area contributed by atoms with E-state index in [1.807, 2.05) is 48.5 Å². The van der Waals surface area contributed by atoms with Gasteiger partial charge >= 0.3 is 0 Å². The Kier molecular flexibility index (Phi) is 9.67. The number of rotatable bonds is 7. The molecule has 2 N–H and O–H groups in total. The predicted molar refractivity (Wildman–Crippen MR) is 141 cm³/mol. The normalized spacial score (nSPS) is 10.4. The summed E-state index contributed by atoms with van der Waals surface area (Å²) < 4.78 is 5.15. The van der Waals surface area contributed by atoms with E-state index in [-0.39, 0.29) is 0 Å². The summed E-state index contributed by atoms with van der Waals surface area (Å²) in [5, 5.41) is 7.56. The number of benzene rings is 3. The molecule has 0 saturated heterocycles. The number of para-hydroxylation sites is 1. The van der Waals surface area contributed by atoms with Crippen LogP contribution < -0.4 is 15.4 Å². The molecule has 0 radical (unpaired) electrons. The van der Waals surface area contributed by atoms with Crippen molar-refractivity contribution < 1.29 is 4.74 Å². The van der Waals surface area contributed by atoms with E-state index in [1.54, 1.807) is 7.11 Å². The van der Waals surface area contributed by atoms with Crippen molar-refractivity contribution >= 4 is 28.5 Å². The van der Waals surface area contributed by atoms with Crippen LogP contribution in [0.2, 0.25) is 5.02 Å². The maximum Gasteiger partial charge on any atom is 0.120 e. The van der Waals surface area contributed by atoms with Crippen LogP contribution in [0, 0.1) is 6.92 Å². The highest BCUT2D eigenvalue weighted by molar-refractivity contribution is 6.30. The third-order valence-electron chi connectivity index (χ3n) is 4.78. The third-order valence-corrected chi connectivity index (χ3v) is 5.03. The van der Waals surface area contributed by atoms with Gasteiger partial charge in [0.25, 0.3) is 0 Å².